The van der Waals surface area contributed by atoms with Crippen molar-refractivity contribution in [2.75, 3.05) is 5.32 Å². The number of hydrogen-bond acceptors (Lipinski definition) is 4. The van der Waals surface area contributed by atoms with Crippen LogP contribution in [0.5, 0.6) is 0 Å². The Kier molecular flexibility index (Phi) is 4.03. The maximum atomic E-state index is 13.0. The van der Waals surface area contributed by atoms with Gasteiger partial charge in [-0.3, -0.25) is 10.1 Å². The van der Waals surface area contributed by atoms with E-state index in [0.29, 0.717) is 21.1 Å². The van der Waals surface area contributed by atoms with Gasteiger partial charge in [-0.2, -0.15) is 4.73 Å². The van der Waals surface area contributed by atoms with Crippen molar-refractivity contribution in [2.24, 2.45) is 0 Å². The Balaban J connectivity index is 1.82. The minimum atomic E-state index is -0.343. The summed E-state index contributed by atoms with van der Waals surface area (Å²) in [5, 5.41) is 14.1. The standard InChI is InChI=1S/C16H12FN3O2S/c1-10-14(11-2-4-13(17)5-3-11)18-16(23-10)19-15(21)12-6-8-20(22)9-7-12/h2-9H,1H3,(H,18,19,21). The molecule has 7 heteroatoms. The van der Waals surface area contributed by atoms with Gasteiger partial charge in [-0.1, -0.05) is 0 Å². The molecule has 5 nitrogen and oxygen atoms in total. The minimum Gasteiger partial charge on any atom is -0.619 e. The number of benzene rings is 1. The predicted octanol–water partition coefficient (Wildman–Crippen LogP) is 3.14. The van der Waals surface area contributed by atoms with Crippen molar-refractivity contribution >= 4 is 22.4 Å². The van der Waals surface area contributed by atoms with Crippen molar-refractivity contribution in [2.45, 2.75) is 6.92 Å². The topological polar surface area (TPSA) is 68.9 Å². The van der Waals surface area contributed by atoms with Crippen molar-refractivity contribution in [3.8, 4) is 11.3 Å². The van der Waals surface area contributed by atoms with E-state index in [1.165, 1.54) is 48.0 Å². The molecule has 0 fully saturated rings. The lowest BCUT2D eigenvalue weighted by Crippen LogP contribution is -2.25. The first-order chi connectivity index (χ1) is 11.0. The Bertz CT molecular complexity index is 845. The van der Waals surface area contributed by atoms with E-state index in [1.54, 1.807) is 12.1 Å². The number of hydrogen-bond donors (Lipinski definition) is 1. The molecule has 0 bridgehead atoms. The number of carbonyl (C=O) groups is 1. The second kappa shape index (κ2) is 6.13. The molecule has 3 aromatic rings. The zero-order valence-electron chi connectivity index (χ0n) is 12.1. The van der Waals surface area contributed by atoms with Gasteiger partial charge >= 0.3 is 0 Å². The third-order valence-corrected chi connectivity index (χ3v) is 4.09. The van der Waals surface area contributed by atoms with Gasteiger partial charge in [0, 0.05) is 22.6 Å². The van der Waals surface area contributed by atoms with Crippen LogP contribution in [0.25, 0.3) is 11.3 Å². The van der Waals surface area contributed by atoms with E-state index >= 15 is 0 Å². The second-order valence-electron chi connectivity index (χ2n) is 4.83. The van der Waals surface area contributed by atoms with Crippen molar-refractivity contribution < 1.29 is 13.9 Å². The molecule has 23 heavy (non-hydrogen) atoms. The minimum absolute atomic E-state index is 0.310. The smallest absolute Gasteiger partial charge is 0.257 e. The van der Waals surface area contributed by atoms with Gasteiger partial charge in [-0.15, -0.1) is 11.3 Å². The van der Waals surface area contributed by atoms with Gasteiger partial charge in [-0.25, -0.2) is 9.37 Å². The fraction of sp³-hybridized carbons (Fsp3) is 0.0625. The molecule has 0 aliphatic rings. The molecule has 0 saturated heterocycles. The van der Waals surface area contributed by atoms with Crippen LogP contribution in [0.2, 0.25) is 0 Å². The zero-order chi connectivity index (χ0) is 16.4. The van der Waals surface area contributed by atoms with E-state index in [1.807, 2.05) is 6.92 Å². The van der Waals surface area contributed by atoms with Crippen molar-refractivity contribution in [1.29, 1.82) is 0 Å². The molecular weight excluding hydrogens is 317 g/mol. The van der Waals surface area contributed by atoms with Crippen molar-refractivity contribution in [3.63, 3.8) is 0 Å². The Hall–Kier alpha value is -2.80. The molecule has 0 unspecified atom stereocenters. The van der Waals surface area contributed by atoms with E-state index < -0.39 is 0 Å². The number of nitrogens with zero attached hydrogens (tertiary/aromatic N) is 2. The molecular formula is C16H12FN3O2S. The number of carbonyl (C=O) groups excluding carboxylic acids is 1. The van der Waals surface area contributed by atoms with Crippen molar-refractivity contribution in [1.82, 2.24) is 4.98 Å². The molecule has 0 atom stereocenters. The van der Waals surface area contributed by atoms with E-state index in [0.717, 1.165) is 10.4 Å². The molecule has 0 aliphatic heterocycles. The summed E-state index contributed by atoms with van der Waals surface area (Å²) in [6, 6.07) is 8.90. The van der Waals surface area contributed by atoms with E-state index in [4.69, 9.17) is 0 Å². The second-order valence-corrected chi connectivity index (χ2v) is 6.03. The third kappa shape index (κ3) is 3.35. The number of rotatable bonds is 3. The lowest BCUT2D eigenvalue weighted by Gasteiger charge is -2.01. The summed E-state index contributed by atoms with van der Waals surface area (Å²) in [5.74, 6) is -0.653. The quantitative estimate of drug-likeness (QED) is 0.593. The van der Waals surface area contributed by atoms with Crippen LogP contribution in [-0.2, 0) is 0 Å². The van der Waals surface area contributed by atoms with E-state index in [2.05, 4.69) is 10.3 Å². The molecule has 116 valence electrons. The monoisotopic (exact) mass is 329 g/mol. The third-order valence-electron chi connectivity index (χ3n) is 3.20. The SMILES string of the molecule is Cc1sc(NC(=O)c2cc[n+]([O-])cc2)nc1-c1ccc(F)cc1. The van der Waals surface area contributed by atoms with Crippen LogP contribution in [0, 0.1) is 17.9 Å². The fourth-order valence-electron chi connectivity index (χ4n) is 2.06. The number of aryl methyl sites for hydroxylation is 1. The van der Waals surface area contributed by atoms with Crippen LogP contribution in [0.15, 0.2) is 48.8 Å². The number of aromatic nitrogens is 2. The summed E-state index contributed by atoms with van der Waals surface area (Å²) in [6.07, 6.45) is 2.51. The van der Waals surface area contributed by atoms with Gasteiger partial charge in [0.05, 0.1) is 11.3 Å². The highest BCUT2D eigenvalue weighted by Crippen LogP contribution is 2.30. The molecule has 0 saturated carbocycles. The van der Waals surface area contributed by atoms with Gasteiger partial charge < -0.3 is 5.21 Å². The molecule has 2 heterocycles. The summed E-state index contributed by atoms with van der Waals surface area (Å²) in [7, 11) is 0. The molecule has 3 rings (SSSR count). The predicted molar refractivity (Wildman–Crippen MR) is 85.6 cm³/mol. The molecule has 1 amide bonds. The lowest BCUT2D eigenvalue weighted by molar-refractivity contribution is -0.605. The Morgan fingerprint density at radius 1 is 1.22 bits per heavy atom. The van der Waals surface area contributed by atoms with Crippen molar-refractivity contribution in [3.05, 3.63) is 70.3 Å². The highest BCUT2D eigenvalue weighted by molar-refractivity contribution is 7.16. The Labute approximate surface area is 135 Å². The maximum Gasteiger partial charge on any atom is 0.257 e. The number of nitrogens with one attached hydrogen (secondary N) is 1. The number of pyridine rings is 1. The highest BCUT2D eigenvalue weighted by atomic mass is 32.1. The van der Waals surface area contributed by atoms with Crippen LogP contribution < -0.4 is 10.0 Å². The number of anilines is 1. The molecule has 0 radical (unpaired) electrons. The van der Waals surface area contributed by atoms with E-state index in [9.17, 15) is 14.4 Å². The van der Waals surface area contributed by atoms with Crippen LogP contribution >= 0.6 is 11.3 Å². The van der Waals surface area contributed by atoms with Crippen LogP contribution in [0.4, 0.5) is 9.52 Å². The number of amides is 1. The molecule has 1 N–H and O–H groups in total. The Morgan fingerprint density at radius 2 is 1.87 bits per heavy atom. The van der Waals surface area contributed by atoms with Crippen LogP contribution in [0.3, 0.4) is 0 Å². The lowest BCUT2D eigenvalue weighted by atomic mass is 10.1. The first-order valence-electron chi connectivity index (χ1n) is 6.76. The molecule has 0 spiro atoms. The fourth-order valence-corrected chi connectivity index (χ4v) is 2.89. The average Bonchev–Trinajstić information content (AvgIpc) is 2.89. The summed E-state index contributed by atoms with van der Waals surface area (Å²) in [4.78, 5) is 17.4. The van der Waals surface area contributed by atoms with E-state index in [-0.39, 0.29) is 11.7 Å². The van der Waals surface area contributed by atoms with Gasteiger partial charge in [0.25, 0.3) is 5.91 Å². The van der Waals surface area contributed by atoms with Crippen LogP contribution in [0.1, 0.15) is 15.2 Å². The summed E-state index contributed by atoms with van der Waals surface area (Å²) in [5.41, 5.74) is 1.86. The first-order valence-corrected chi connectivity index (χ1v) is 7.58. The van der Waals surface area contributed by atoms with Gasteiger partial charge in [0.2, 0.25) is 0 Å². The normalized spacial score (nSPS) is 10.5. The largest absolute Gasteiger partial charge is 0.619 e. The summed E-state index contributed by atoms with van der Waals surface area (Å²) < 4.78 is 13.6. The number of thiazole rings is 1. The highest BCUT2D eigenvalue weighted by Gasteiger charge is 2.13. The van der Waals surface area contributed by atoms with Crippen LogP contribution in [-0.4, -0.2) is 10.9 Å². The maximum absolute atomic E-state index is 13.0. The first kappa shape index (κ1) is 15.1. The molecule has 2 aromatic heterocycles. The summed E-state index contributed by atoms with van der Waals surface area (Å²) in [6.45, 7) is 1.88. The number of halogens is 1. The van der Waals surface area contributed by atoms with Gasteiger partial charge in [0.1, 0.15) is 5.82 Å². The van der Waals surface area contributed by atoms with Gasteiger partial charge in [0.15, 0.2) is 17.5 Å². The van der Waals surface area contributed by atoms with Gasteiger partial charge in [-0.05, 0) is 31.2 Å². The Morgan fingerprint density at radius 3 is 2.52 bits per heavy atom. The molecule has 0 aliphatic carbocycles. The molecule has 1 aromatic carbocycles. The zero-order valence-corrected chi connectivity index (χ0v) is 12.9. The summed E-state index contributed by atoms with van der Waals surface area (Å²) >= 11 is 1.34. The average molecular weight is 329 g/mol.